The van der Waals surface area contributed by atoms with E-state index >= 15 is 0 Å². The fourth-order valence-corrected chi connectivity index (χ4v) is 5.30. The average Bonchev–Trinajstić information content (AvgIpc) is 2.93. The number of ether oxygens (including phenoxy) is 3. The third-order valence-corrected chi connectivity index (χ3v) is 7.43. The van der Waals surface area contributed by atoms with Gasteiger partial charge >= 0.3 is 5.97 Å². The van der Waals surface area contributed by atoms with Crippen LogP contribution in [0.5, 0.6) is 11.5 Å². The van der Waals surface area contributed by atoms with Gasteiger partial charge in [0.25, 0.3) is 0 Å². The number of esters is 1. The van der Waals surface area contributed by atoms with E-state index in [1.807, 2.05) is 30.3 Å². The van der Waals surface area contributed by atoms with Gasteiger partial charge in [-0.25, -0.2) is 5.53 Å². The molecule has 0 unspecified atom stereocenters. The van der Waals surface area contributed by atoms with Gasteiger partial charge in [-0.2, -0.15) is 5.11 Å². The van der Waals surface area contributed by atoms with Crippen molar-refractivity contribution in [3.05, 3.63) is 79.9 Å². The molecule has 0 saturated heterocycles. The Balaban J connectivity index is 1.84. The molecular formula is C31H39IN4O4. The number of hydrogen-bond donors (Lipinski definition) is 3. The molecule has 3 aromatic carbocycles. The number of halogens is 1. The molecule has 9 heteroatoms. The van der Waals surface area contributed by atoms with Crippen LogP contribution in [-0.2, 0) is 16.1 Å². The largest absolute Gasteiger partial charge is 0.494 e. The van der Waals surface area contributed by atoms with Crippen LogP contribution >= 0.6 is 22.6 Å². The van der Waals surface area contributed by atoms with Gasteiger partial charge < -0.3 is 24.8 Å². The molecule has 0 saturated carbocycles. The van der Waals surface area contributed by atoms with E-state index < -0.39 is 0 Å². The molecule has 214 valence electrons. The van der Waals surface area contributed by atoms with Gasteiger partial charge in [0.05, 0.1) is 20.1 Å². The number of benzene rings is 3. The maximum atomic E-state index is 12.7. The van der Waals surface area contributed by atoms with E-state index in [2.05, 4.69) is 77.3 Å². The van der Waals surface area contributed by atoms with E-state index in [-0.39, 0.29) is 24.4 Å². The number of aryl methyl sites for hydroxylation is 2. The van der Waals surface area contributed by atoms with E-state index in [1.54, 1.807) is 21.1 Å². The summed E-state index contributed by atoms with van der Waals surface area (Å²) in [5, 5.41) is 10.3. The zero-order chi connectivity index (χ0) is 29.2. The molecule has 0 aromatic heterocycles. The van der Waals surface area contributed by atoms with Gasteiger partial charge in [0.2, 0.25) is 0 Å². The van der Waals surface area contributed by atoms with Crippen LogP contribution in [-0.4, -0.2) is 39.4 Å². The summed E-state index contributed by atoms with van der Waals surface area (Å²) < 4.78 is 18.2. The van der Waals surface area contributed by atoms with E-state index in [0.717, 1.165) is 33.6 Å². The first-order valence-corrected chi connectivity index (χ1v) is 14.4. The van der Waals surface area contributed by atoms with Gasteiger partial charge in [-0.15, -0.1) is 0 Å². The highest BCUT2D eigenvalue weighted by atomic mass is 127. The van der Waals surface area contributed by atoms with Crippen molar-refractivity contribution in [2.75, 3.05) is 32.6 Å². The van der Waals surface area contributed by atoms with Crippen molar-refractivity contribution in [2.24, 2.45) is 5.11 Å². The summed E-state index contributed by atoms with van der Waals surface area (Å²) in [6.45, 7) is 9.64. The van der Waals surface area contributed by atoms with E-state index in [0.29, 0.717) is 36.8 Å². The molecule has 40 heavy (non-hydrogen) atoms. The molecular weight excluding hydrogens is 619 g/mol. The fraction of sp³-hybridized carbons (Fsp3) is 0.387. The number of hydrogen-bond acceptors (Lipinski definition) is 8. The van der Waals surface area contributed by atoms with Crippen LogP contribution in [0.15, 0.2) is 53.6 Å². The first kappa shape index (κ1) is 31.3. The lowest BCUT2D eigenvalue weighted by atomic mass is 9.86. The Morgan fingerprint density at radius 3 is 2.48 bits per heavy atom. The first-order valence-electron chi connectivity index (χ1n) is 13.4. The first-order chi connectivity index (χ1) is 19.2. The lowest BCUT2D eigenvalue weighted by molar-refractivity contribution is -0.143. The Morgan fingerprint density at radius 1 is 1.05 bits per heavy atom. The smallest absolute Gasteiger partial charge is 0.306 e. The van der Waals surface area contributed by atoms with Crippen LogP contribution in [0.4, 0.5) is 11.4 Å². The Hall–Kier alpha value is -3.18. The third kappa shape index (κ3) is 8.17. The minimum absolute atomic E-state index is 0.0102. The summed E-state index contributed by atoms with van der Waals surface area (Å²) in [6, 6.07) is 16.2. The van der Waals surface area contributed by atoms with Crippen LogP contribution in [0.25, 0.3) is 0 Å². The predicted molar refractivity (Wildman–Crippen MR) is 167 cm³/mol. The summed E-state index contributed by atoms with van der Waals surface area (Å²) in [5.74, 6) is 0.870. The molecule has 0 aliphatic rings. The normalized spacial score (nSPS) is 12.4. The highest BCUT2D eigenvalue weighted by Gasteiger charge is 2.23. The SMILES string of the molecule is CCOC(=O)C[C@@H](c1ccc(C)c(CNC[C@@H](C)Oc2ccc(I)cc2C)c1)c1cc(N=N)c(NC)c(OC)c1. The molecule has 3 rings (SSSR count). The van der Waals surface area contributed by atoms with Crippen molar-refractivity contribution in [1.82, 2.24) is 5.32 Å². The van der Waals surface area contributed by atoms with Crippen molar-refractivity contribution in [3.63, 3.8) is 0 Å². The average molecular weight is 659 g/mol. The topological polar surface area (TPSA) is 105 Å². The Kier molecular flexibility index (Phi) is 11.8. The zero-order valence-electron chi connectivity index (χ0n) is 24.1. The minimum Gasteiger partial charge on any atom is -0.494 e. The molecule has 0 aliphatic carbocycles. The third-order valence-electron chi connectivity index (χ3n) is 6.76. The predicted octanol–water partition coefficient (Wildman–Crippen LogP) is 7.26. The fourth-order valence-electron chi connectivity index (χ4n) is 4.65. The second-order valence-corrected chi connectivity index (χ2v) is 10.9. The standard InChI is InChI=1S/C31H39IN4O4/c1-7-39-30(37)16-26(23-14-27(36-33)31(34-5)29(15-23)38-6)22-9-8-19(2)24(13-22)18-35-17-21(4)40-28-11-10-25(32)12-20(28)3/h8-15,21,26,33-35H,7,16-18H2,1-6H3/t21-,26+/m1/s1. The van der Waals surface area contributed by atoms with Crippen LogP contribution in [0, 0.1) is 22.9 Å². The van der Waals surface area contributed by atoms with E-state index in [4.69, 9.17) is 19.7 Å². The Labute approximate surface area is 250 Å². The van der Waals surface area contributed by atoms with Crippen molar-refractivity contribution in [3.8, 4) is 11.5 Å². The molecule has 3 N–H and O–H groups in total. The van der Waals surface area contributed by atoms with Gasteiger partial charge in [-0.1, -0.05) is 18.2 Å². The molecule has 2 atom stereocenters. The van der Waals surface area contributed by atoms with Crippen LogP contribution in [0.1, 0.15) is 54.0 Å². The molecule has 0 fully saturated rings. The van der Waals surface area contributed by atoms with Gasteiger partial charge in [0.1, 0.15) is 29.0 Å². The van der Waals surface area contributed by atoms with Gasteiger partial charge in [0.15, 0.2) is 0 Å². The Morgan fingerprint density at radius 2 is 1.82 bits per heavy atom. The molecule has 0 bridgehead atoms. The van der Waals surface area contributed by atoms with Gasteiger partial charge in [-0.05, 0) is 108 Å². The van der Waals surface area contributed by atoms with E-state index in [1.165, 1.54) is 3.57 Å². The quantitative estimate of drug-likeness (QED) is 0.0957. The lowest BCUT2D eigenvalue weighted by Gasteiger charge is -2.22. The number of rotatable bonds is 14. The van der Waals surface area contributed by atoms with Gasteiger partial charge in [-0.3, -0.25) is 4.79 Å². The van der Waals surface area contributed by atoms with Crippen LogP contribution in [0.2, 0.25) is 0 Å². The number of methoxy groups -OCH3 is 1. The zero-order valence-corrected chi connectivity index (χ0v) is 26.2. The maximum Gasteiger partial charge on any atom is 0.306 e. The molecule has 0 amide bonds. The maximum absolute atomic E-state index is 12.7. The summed E-state index contributed by atoms with van der Waals surface area (Å²) in [7, 11) is 3.34. The van der Waals surface area contributed by atoms with Crippen molar-refractivity contribution in [2.45, 2.75) is 52.7 Å². The number of carbonyl (C=O) groups excluding carboxylic acids is 1. The summed E-state index contributed by atoms with van der Waals surface area (Å²) in [6.07, 6.45) is 0.146. The highest BCUT2D eigenvalue weighted by Crippen LogP contribution is 2.41. The second kappa shape index (κ2) is 15.0. The molecule has 0 heterocycles. The number of nitrogens with zero attached hydrogens (tertiary/aromatic N) is 1. The number of anilines is 1. The second-order valence-electron chi connectivity index (χ2n) is 9.70. The molecule has 0 radical (unpaired) electrons. The van der Waals surface area contributed by atoms with Crippen molar-refractivity contribution < 1.29 is 19.0 Å². The molecule has 0 spiro atoms. The number of carbonyl (C=O) groups is 1. The Bertz CT molecular complexity index is 1330. The lowest BCUT2D eigenvalue weighted by Crippen LogP contribution is -2.29. The molecule has 3 aromatic rings. The summed E-state index contributed by atoms with van der Waals surface area (Å²) in [5.41, 5.74) is 14.0. The minimum atomic E-state index is -0.301. The van der Waals surface area contributed by atoms with Crippen molar-refractivity contribution in [1.29, 1.82) is 5.53 Å². The monoisotopic (exact) mass is 658 g/mol. The number of nitrogens with one attached hydrogen (secondary N) is 3. The van der Waals surface area contributed by atoms with E-state index in [9.17, 15) is 4.79 Å². The highest BCUT2D eigenvalue weighted by molar-refractivity contribution is 14.1. The van der Waals surface area contributed by atoms with Crippen LogP contribution < -0.4 is 20.1 Å². The molecule has 0 aliphatic heterocycles. The van der Waals surface area contributed by atoms with Crippen molar-refractivity contribution >= 4 is 39.9 Å². The molecule has 8 nitrogen and oxygen atoms in total. The van der Waals surface area contributed by atoms with Crippen LogP contribution in [0.3, 0.4) is 0 Å². The summed E-state index contributed by atoms with van der Waals surface area (Å²) >= 11 is 2.30. The van der Waals surface area contributed by atoms with Gasteiger partial charge in [0, 0.05) is 29.6 Å². The summed E-state index contributed by atoms with van der Waals surface area (Å²) in [4.78, 5) is 12.7.